The van der Waals surface area contributed by atoms with Gasteiger partial charge < -0.3 is 4.74 Å². The first kappa shape index (κ1) is 10.7. The molecule has 0 saturated heterocycles. The second kappa shape index (κ2) is 4.37. The summed E-state index contributed by atoms with van der Waals surface area (Å²) in [5.74, 6) is 0.839. The average Bonchev–Trinajstić information content (AvgIpc) is 2.59. The number of hydrogen-bond donors (Lipinski definition) is 0. The molecule has 1 heterocycles. The van der Waals surface area contributed by atoms with Gasteiger partial charge in [-0.05, 0) is 56.1 Å². The molecule has 0 aliphatic rings. The van der Waals surface area contributed by atoms with Crippen molar-refractivity contribution in [1.29, 1.82) is 0 Å². The molecule has 78 valence electrons. The lowest BCUT2D eigenvalue weighted by atomic mass is 10.3. The van der Waals surface area contributed by atoms with Crippen molar-refractivity contribution in [3.8, 4) is 11.4 Å². The minimum absolute atomic E-state index is 0.763. The smallest absolute Gasteiger partial charge is 0.182 e. The van der Waals surface area contributed by atoms with Gasteiger partial charge in [0.1, 0.15) is 10.4 Å². The molecule has 15 heavy (non-hydrogen) atoms. The number of aromatic nitrogens is 2. The summed E-state index contributed by atoms with van der Waals surface area (Å²) in [6.07, 6.45) is 1.74. The molecule has 0 aliphatic carbocycles. The van der Waals surface area contributed by atoms with E-state index < -0.39 is 0 Å². The monoisotopic (exact) mass is 330 g/mol. The molecule has 0 atom stereocenters. The highest BCUT2D eigenvalue weighted by Gasteiger charge is 2.06. The van der Waals surface area contributed by atoms with Crippen LogP contribution in [0.1, 0.15) is 0 Å². The van der Waals surface area contributed by atoms with Crippen LogP contribution in [0, 0.1) is 0 Å². The Bertz CT molecular complexity index is 445. The average molecular weight is 332 g/mol. The summed E-state index contributed by atoms with van der Waals surface area (Å²) in [5, 5.41) is 0. The van der Waals surface area contributed by atoms with Gasteiger partial charge in [-0.25, -0.2) is 4.98 Å². The molecular weight excluding hydrogens is 324 g/mol. The summed E-state index contributed by atoms with van der Waals surface area (Å²) in [4.78, 5) is 4.14. The molecule has 3 nitrogen and oxygen atoms in total. The topological polar surface area (TPSA) is 27.1 Å². The Morgan fingerprint density at radius 2 is 1.87 bits per heavy atom. The van der Waals surface area contributed by atoms with Crippen LogP contribution in [0.5, 0.6) is 5.75 Å². The number of halogens is 2. The van der Waals surface area contributed by atoms with E-state index in [-0.39, 0.29) is 0 Å². The first-order chi connectivity index (χ1) is 7.22. The van der Waals surface area contributed by atoms with Crippen molar-refractivity contribution >= 4 is 31.9 Å². The van der Waals surface area contributed by atoms with Gasteiger partial charge >= 0.3 is 0 Å². The normalized spacial score (nSPS) is 10.3. The van der Waals surface area contributed by atoms with Gasteiger partial charge in [0, 0.05) is 5.69 Å². The zero-order valence-corrected chi connectivity index (χ0v) is 11.1. The SMILES string of the molecule is COc1ccc(-n2c(Br)cnc2Br)cc1. The largest absolute Gasteiger partial charge is 0.497 e. The van der Waals surface area contributed by atoms with Crippen LogP contribution >= 0.6 is 31.9 Å². The summed E-state index contributed by atoms with van der Waals surface area (Å²) in [7, 11) is 1.65. The fourth-order valence-corrected chi connectivity index (χ4v) is 2.48. The van der Waals surface area contributed by atoms with E-state index in [0.29, 0.717) is 0 Å². The highest BCUT2D eigenvalue weighted by atomic mass is 79.9. The van der Waals surface area contributed by atoms with Gasteiger partial charge in [-0.3, -0.25) is 4.57 Å². The predicted octanol–water partition coefficient (Wildman–Crippen LogP) is 3.41. The summed E-state index contributed by atoms with van der Waals surface area (Å²) >= 11 is 6.81. The number of rotatable bonds is 2. The quantitative estimate of drug-likeness (QED) is 0.843. The Morgan fingerprint density at radius 3 is 2.33 bits per heavy atom. The van der Waals surface area contributed by atoms with Crippen LogP contribution in [0.4, 0.5) is 0 Å². The van der Waals surface area contributed by atoms with E-state index in [1.54, 1.807) is 13.3 Å². The summed E-state index contributed by atoms with van der Waals surface area (Å²) < 4.78 is 8.71. The molecule has 0 aliphatic heterocycles. The minimum Gasteiger partial charge on any atom is -0.497 e. The second-order valence-corrected chi connectivity index (χ2v) is 4.41. The maximum atomic E-state index is 5.10. The van der Waals surface area contributed by atoms with Crippen LogP contribution in [-0.2, 0) is 0 Å². The molecule has 1 aromatic carbocycles. The summed E-state index contributed by atoms with van der Waals surface area (Å²) in [6.45, 7) is 0. The number of methoxy groups -OCH3 is 1. The highest BCUT2D eigenvalue weighted by molar-refractivity contribution is 9.11. The third-order valence-electron chi connectivity index (χ3n) is 2.01. The molecule has 1 aromatic heterocycles. The Hall–Kier alpha value is -0.810. The molecule has 0 radical (unpaired) electrons. The summed E-state index contributed by atoms with van der Waals surface area (Å²) in [6, 6.07) is 7.76. The minimum atomic E-state index is 0.763. The van der Waals surface area contributed by atoms with Gasteiger partial charge in [0.25, 0.3) is 0 Å². The van der Waals surface area contributed by atoms with Crippen LogP contribution < -0.4 is 4.74 Å². The third-order valence-corrected chi connectivity index (χ3v) is 3.13. The van der Waals surface area contributed by atoms with E-state index >= 15 is 0 Å². The maximum absolute atomic E-state index is 5.10. The third kappa shape index (κ3) is 2.08. The predicted molar refractivity (Wildman–Crippen MR) is 65.5 cm³/mol. The Balaban J connectivity index is 2.45. The number of imidazole rings is 1. The molecular formula is C10H8Br2N2O. The van der Waals surface area contributed by atoms with Gasteiger partial charge in [-0.15, -0.1) is 0 Å². The van der Waals surface area contributed by atoms with E-state index in [4.69, 9.17) is 4.74 Å². The second-order valence-electron chi connectivity index (χ2n) is 2.88. The molecule has 2 rings (SSSR count). The molecule has 0 N–H and O–H groups in total. The molecule has 0 bridgehead atoms. The van der Waals surface area contributed by atoms with Crippen LogP contribution in [0.15, 0.2) is 39.8 Å². The molecule has 2 aromatic rings. The molecule has 0 unspecified atom stereocenters. The number of ether oxygens (including phenoxy) is 1. The van der Waals surface area contributed by atoms with E-state index in [1.165, 1.54) is 0 Å². The van der Waals surface area contributed by atoms with Crippen LogP contribution in [0.3, 0.4) is 0 Å². The van der Waals surface area contributed by atoms with Crippen LogP contribution in [0.2, 0.25) is 0 Å². The molecule has 0 spiro atoms. The van der Waals surface area contributed by atoms with Gasteiger partial charge in [-0.1, -0.05) is 0 Å². The van der Waals surface area contributed by atoms with Crippen molar-refractivity contribution in [3.63, 3.8) is 0 Å². The zero-order chi connectivity index (χ0) is 10.8. The van der Waals surface area contributed by atoms with E-state index in [1.807, 2.05) is 28.8 Å². The zero-order valence-electron chi connectivity index (χ0n) is 7.95. The molecule has 0 amide bonds. The first-order valence-corrected chi connectivity index (χ1v) is 5.84. The fraction of sp³-hybridized carbons (Fsp3) is 0.100. The number of nitrogens with zero attached hydrogens (tertiary/aromatic N) is 2. The Morgan fingerprint density at radius 1 is 1.20 bits per heavy atom. The lowest BCUT2D eigenvalue weighted by Gasteiger charge is -2.06. The summed E-state index contributed by atoms with van der Waals surface area (Å²) in [5.41, 5.74) is 1.02. The number of hydrogen-bond acceptors (Lipinski definition) is 2. The van der Waals surface area contributed by atoms with Crippen molar-refractivity contribution in [3.05, 3.63) is 39.8 Å². The van der Waals surface area contributed by atoms with Crippen molar-refractivity contribution in [1.82, 2.24) is 9.55 Å². The van der Waals surface area contributed by atoms with Crippen molar-refractivity contribution in [2.45, 2.75) is 0 Å². The van der Waals surface area contributed by atoms with Gasteiger partial charge in [0.2, 0.25) is 0 Å². The Kier molecular flexibility index (Phi) is 3.11. The number of benzene rings is 1. The van der Waals surface area contributed by atoms with E-state index in [2.05, 4.69) is 36.8 Å². The standard InChI is InChI=1S/C10H8Br2N2O/c1-15-8-4-2-7(3-5-8)14-9(11)6-13-10(14)12/h2-6H,1H3. The molecule has 0 fully saturated rings. The lowest BCUT2D eigenvalue weighted by molar-refractivity contribution is 0.414. The van der Waals surface area contributed by atoms with Crippen LogP contribution in [0.25, 0.3) is 5.69 Å². The van der Waals surface area contributed by atoms with Gasteiger partial charge in [0.15, 0.2) is 4.73 Å². The van der Waals surface area contributed by atoms with Crippen molar-refractivity contribution < 1.29 is 4.74 Å². The van der Waals surface area contributed by atoms with Crippen LogP contribution in [-0.4, -0.2) is 16.7 Å². The fourth-order valence-electron chi connectivity index (χ4n) is 1.27. The van der Waals surface area contributed by atoms with E-state index in [9.17, 15) is 0 Å². The maximum Gasteiger partial charge on any atom is 0.182 e. The highest BCUT2D eigenvalue weighted by Crippen LogP contribution is 2.24. The van der Waals surface area contributed by atoms with Gasteiger partial charge in [-0.2, -0.15) is 0 Å². The van der Waals surface area contributed by atoms with Crippen molar-refractivity contribution in [2.75, 3.05) is 7.11 Å². The molecule has 0 saturated carbocycles. The molecule has 5 heteroatoms. The first-order valence-electron chi connectivity index (χ1n) is 4.25. The van der Waals surface area contributed by atoms with Gasteiger partial charge in [0.05, 0.1) is 13.3 Å². The van der Waals surface area contributed by atoms with E-state index in [0.717, 1.165) is 20.8 Å². The lowest BCUT2D eigenvalue weighted by Crippen LogP contribution is -1.94. The Labute approximate surface area is 104 Å². The van der Waals surface area contributed by atoms with Crippen molar-refractivity contribution in [2.24, 2.45) is 0 Å².